The van der Waals surface area contributed by atoms with Gasteiger partial charge in [0.2, 0.25) is 0 Å². The van der Waals surface area contributed by atoms with Gasteiger partial charge in [-0.25, -0.2) is 9.97 Å². The minimum Gasteiger partial charge on any atom is -0.383 e. The molecular formula is C16H18BrN3. The molecule has 0 atom stereocenters. The first kappa shape index (κ1) is 13.6. The maximum atomic E-state index is 6.07. The van der Waals surface area contributed by atoms with E-state index in [0.29, 0.717) is 11.7 Å². The van der Waals surface area contributed by atoms with Crippen LogP contribution in [0, 0.1) is 6.92 Å². The van der Waals surface area contributed by atoms with Crippen molar-refractivity contribution in [3.63, 3.8) is 0 Å². The van der Waals surface area contributed by atoms with E-state index in [0.717, 1.165) is 21.6 Å². The number of anilines is 1. The number of nitrogens with two attached hydrogens (primary N) is 1. The fourth-order valence-electron chi connectivity index (χ4n) is 2.87. The van der Waals surface area contributed by atoms with Gasteiger partial charge in [-0.2, -0.15) is 0 Å². The Labute approximate surface area is 127 Å². The molecule has 2 N–H and O–H groups in total. The smallest absolute Gasteiger partial charge is 0.161 e. The Balaban J connectivity index is 2.08. The molecular weight excluding hydrogens is 314 g/mol. The van der Waals surface area contributed by atoms with Crippen molar-refractivity contribution in [2.24, 2.45) is 0 Å². The SMILES string of the molecule is Cc1cccc(-c2nc(N)c(Br)c(C3CCCC3)n2)c1. The summed E-state index contributed by atoms with van der Waals surface area (Å²) in [5, 5.41) is 0. The first-order valence-corrected chi connectivity index (χ1v) is 7.84. The number of nitrogen functional groups attached to an aromatic ring is 1. The van der Waals surface area contributed by atoms with Crippen molar-refractivity contribution in [2.45, 2.75) is 38.5 Å². The molecule has 1 aliphatic carbocycles. The molecule has 1 aromatic carbocycles. The van der Waals surface area contributed by atoms with Crippen LogP contribution in [0.1, 0.15) is 42.9 Å². The Morgan fingerprint density at radius 2 is 1.95 bits per heavy atom. The Bertz CT molecular complexity index is 634. The highest BCUT2D eigenvalue weighted by molar-refractivity contribution is 9.10. The van der Waals surface area contributed by atoms with Crippen molar-refractivity contribution in [1.82, 2.24) is 9.97 Å². The molecule has 1 aromatic heterocycles. The van der Waals surface area contributed by atoms with Gasteiger partial charge in [-0.05, 0) is 41.8 Å². The van der Waals surface area contributed by atoms with Crippen LogP contribution in [-0.2, 0) is 0 Å². The van der Waals surface area contributed by atoms with E-state index in [4.69, 9.17) is 10.7 Å². The van der Waals surface area contributed by atoms with Crippen LogP contribution in [0.2, 0.25) is 0 Å². The predicted molar refractivity (Wildman–Crippen MR) is 85.5 cm³/mol. The van der Waals surface area contributed by atoms with Gasteiger partial charge < -0.3 is 5.73 Å². The Morgan fingerprint density at radius 3 is 2.65 bits per heavy atom. The zero-order valence-corrected chi connectivity index (χ0v) is 13.2. The van der Waals surface area contributed by atoms with Gasteiger partial charge in [-0.1, -0.05) is 36.6 Å². The molecule has 3 rings (SSSR count). The summed E-state index contributed by atoms with van der Waals surface area (Å²) in [6, 6.07) is 8.24. The van der Waals surface area contributed by atoms with E-state index in [2.05, 4.69) is 40.0 Å². The van der Waals surface area contributed by atoms with E-state index in [-0.39, 0.29) is 0 Å². The third-order valence-corrected chi connectivity index (χ3v) is 4.73. The Hall–Kier alpha value is -1.42. The summed E-state index contributed by atoms with van der Waals surface area (Å²) in [5.74, 6) is 1.79. The van der Waals surface area contributed by atoms with Crippen LogP contribution in [-0.4, -0.2) is 9.97 Å². The van der Waals surface area contributed by atoms with Crippen LogP contribution in [0.4, 0.5) is 5.82 Å². The van der Waals surface area contributed by atoms with Crippen LogP contribution < -0.4 is 5.73 Å². The third-order valence-electron chi connectivity index (χ3n) is 3.92. The molecule has 3 nitrogen and oxygen atoms in total. The van der Waals surface area contributed by atoms with Gasteiger partial charge in [0.25, 0.3) is 0 Å². The second kappa shape index (κ2) is 5.52. The summed E-state index contributed by atoms with van der Waals surface area (Å²) in [4.78, 5) is 9.22. The summed E-state index contributed by atoms with van der Waals surface area (Å²) in [6.07, 6.45) is 4.95. The highest BCUT2D eigenvalue weighted by Crippen LogP contribution is 2.39. The normalized spacial score (nSPS) is 15.7. The summed E-state index contributed by atoms with van der Waals surface area (Å²) in [7, 11) is 0. The highest BCUT2D eigenvalue weighted by Gasteiger charge is 2.23. The molecule has 104 valence electrons. The predicted octanol–water partition coefficient (Wildman–Crippen LogP) is 4.45. The van der Waals surface area contributed by atoms with Crippen molar-refractivity contribution in [2.75, 3.05) is 5.73 Å². The first-order valence-electron chi connectivity index (χ1n) is 7.05. The number of benzene rings is 1. The number of rotatable bonds is 2. The molecule has 2 aromatic rings. The maximum Gasteiger partial charge on any atom is 0.161 e. The lowest BCUT2D eigenvalue weighted by Gasteiger charge is -2.14. The van der Waals surface area contributed by atoms with Gasteiger partial charge in [0.05, 0.1) is 10.2 Å². The molecule has 0 amide bonds. The summed E-state index contributed by atoms with van der Waals surface area (Å²) < 4.78 is 0.876. The molecule has 0 spiro atoms. The minimum atomic E-state index is 0.512. The van der Waals surface area contributed by atoms with E-state index < -0.39 is 0 Å². The molecule has 0 saturated heterocycles. The lowest BCUT2D eigenvalue weighted by atomic mass is 10.0. The fraction of sp³-hybridized carbons (Fsp3) is 0.375. The summed E-state index contributed by atoms with van der Waals surface area (Å²) in [5.41, 5.74) is 9.38. The minimum absolute atomic E-state index is 0.512. The molecule has 0 unspecified atom stereocenters. The van der Waals surface area contributed by atoms with E-state index in [1.165, 1.54) is 31.2 Å². The summed E-state index contributed by atoms with van der Waals surface area (Å²) >= 11 is 3.56. The molecule has 20 heavy (non-hydrogen) atoms. The van der Waals surface area contributed by atoms with Crippen LogP contribution in [0.25, 0.3) is 11.4 Å². The molecule has 1 fully saturated rings. The van der Waals surface area contributed by atoms with Gasteiger partial charge in [-0.15, -0.1) is 0 Å². The number of hydrogen-bond donors (Lipinski definition) is 1. The number of aromatic nitrogens is 2. The summed E-state index contributed by atoms with van der Waals surface area (Å²) in [6.45, 7) is 2.07. The Morgan fingerprint density at radius 1 is 1.20 bits per heavy atom. The number of halogens is 1. The topological polar surface area (TPSA) is 51.8 Å². The van der Waals surface area contributed by atoms with E-state index in [9.17, 15) is 0 Å². The Kier molecular flexibility index (Phi) is 3.74. The average Bonchev–Trinajstić information content (AvgIpc) is 2.95. The molecule has 1 saturated carbocycles. The fourth-order valence-corrected chi connectivity index (χ4v) is 3.37. The lowest BCUT2D eigenvalue weighted by Crippen LogP contribution is -2.06. The van der Waals surface area contributed by atoms with Crippen molar-refractivity contribution >= 4 is 21.7 Å². The van der Waals surface area contributed by atoms with Crippen LogP contribution in [0.15, 0.2) is 28.7 Å². The van der Waals surface area contributed by atoms with Crippen molar-refractivity contribution in [3.8, 4) is 11.4 Å². The average molecular weight is 332 g/mol. The zero-order chi connectivity index (χ0) is 14.1. The van der Waals surface area contributed by atoms with Gasteiger partial charge in [-0.3, -0.25) is 0 Å². The quantitative estimate of drug-likeness (QED) is 0.884. The second-order valence-corrected chi connectivity index (χ2v) is 6.28. The molecule has 0 aliphatic heterocycles. The number of nitrogens with zero attached hydrogens (tertiary/aromatic N) is 2. The van der Waals surface area contributed by atoms with Crippen molar-refractivity contribution < 1.29 is 0 Å². The monoisotopic (exact) mass is 331 g/mol. The van der Waals surface area contributed by atoms with Gasteiger partial charge in [0.15, 0.2) is 5.82 Å². The molecule has 1 aliphatic rings. The van der Waals surface area contributed by atoms with E-state index in [1.54, 1.807) is 0 Å². The maximum absolute atomic E-state index is 6.07. The molecule has 1 heterocycles. The number of hydrogen-bond acceptors (Lipinski definition) is 3. The lowest BCUT2D eigenvalue weighted by molar-refractivity contribution is 0.691. The van der Waals surface area contributed by atoms with Gasteiger partial charge in [0.1, 0.15) is 5.82 Å². The molecule has 4 heteroatoms. The van der Waals surface area contributed by atoms with Crippen LogP contribution >= 0.6 is 15.9 Å². The van der Waals surface area contributed by atoms with Crippen LogP contribution in [0.3, 0.4) is 0 Å². The second-order valence-electron chi connectivity index (χ2n) is 5.48. The molecule has 0 radical (unpaired) electrons. The highest BCUT2D eigenvalue weighted by atomic mass is 79.9. The number of aryl methyl sites for hydroxylation is 1. The first-order chi connectivity index (χ1) is 9.65. The largest absolute Gasteiger partial charge is 0.383 e. The van der Waals surface area contributed by atoms with Gasteiger partial charge in [0, 0.05) is 11.5 Å². The third kappa shape index (κ3) is 2.57. The van der Waals surface area contributed by atoms with Gasteiger partial charge >= 0.3 is 0 Å². The molecule has 0 bridgehead atoms. The van der Waals surface area contributed by atoms with Crippen molar-refractivity contribution in [3.05, 3.63) is 40.0 Å². The van der Waals surface area contributed by atoms with E-state index >= 15 is 0 Å². The standard InChI is InChI=1S/C16H18BrN3/c1-10-5-4-8-12(9-10)16-19-14(11-6-2-3-7-11)13(17)15(18)20-16/h4-5,8-9,11H,2-3,6-7H2,1H3,(H2,18,19,20). The van der Waals surface area contributed by atoms with E-state index in [1.807, 2.05) is 12.1 Å². The zero-order valence-electron chi connectivity index (χ0n) is 11.6. The van der Waals surface area contributed by atoms with Crippen LogP contribution in [0.5, 0.6) is 0 Å². The van der Waals surface area contributed by atoms with Crippen molar-refractivity contribution in [1.29, 1.82) is 0 Å².